The molecule has 0 aromatic heterocycles. The second-order valence-corrected chi connectivity index (χ2v) is 6.20. The Kier molecular flexibility index (Phi) is 8.08. The first-order chi connectivity index (χ1) is 12.5. The molecule has 2 rings (SSSR count). The number of rotatable bonds is 10. The maximum Gasteiger partial charge on any atom is 0.321 e. The molecule has 138 valence electrons. The zero-order valence-electron chi connectivity index (χ0n) is 14.2. The third-order valence-electron chi connectivity index (χ3n) is 3.68. The van der Waals surface area contributed by atoms with Gasteiger partial charge in [0, 0.05) is 30.3 Å². The van der Waals surface area contributed by atoms with Crippen LogP contribution in [0.2, 0.25) is 5.02 Å². The Morgan fingerprint density at radius 1 is 1.00 bits per heavy atom. The van der Waals surface area contributed by atoms with Crippen LogP contribution >= 0.6 is 11.6 Å². The fraction of sp³-hybridized carbons (Fsp3) is 0.263. The number of halogens is 1. The summed E-state index contributed by atoms with van der Waals surface area (Å²) in [5.41, 5.74) is 1.73. The number of hydrogen-bond acceptors (Lipinski definition) is 4. The van der Waals surface area contributed by atoms with Gasteiger partial charge in [0.05, 0.1) is 6.42 Å². The molecular weight excluding hydrogens is 354 g/mol. The van der Waals surface area contributed by atoms with Gasteiger partial charge >= 0.3 is 5.97 Å². The number of carboxylic acids is 1. The highest BCUT2D eigenvalue weighted by molar-refractivity contribution is 6.30. The molecule has 7 heteroatoms. The van der Waals surface area contributed by atoms with Gasteiger partial charge in [-0.25, -0.2) is 0 Å². The van der Waals surface area contributed by atoms with Crippen LogP contribution in [0.25, 0.3) is 0 Å². The van der Waals surface area contributed by atoms with Crippen molar-refractivity contribution in [3.05, 3.63) is 65.2 Å². The molecule has 0 aliphatic rings. The van der Waals surface area contributed by atoms with E-state index in [0.717, 1.165) is 5.56 Å². The maximum atomic E-state index is 12.0. The summed E-state index contributed by atoms with van der Waals surface area (Å²) in [6.07, 6.45) is -0.156. The lowest BCUT2D eigenvalue weighted by Crippen LogP contribution is -2.42. The standard InChI is InChI=1S/C19H22ClN3O3/c20-15-6-8-16(9-7-15)23-18(24)12-17(19(25)26)22-11-10-21-13-14-4-2-1-3-5-14/h1-9,17,21-22H,10-13H2,(H,23,24)(H,25,26)/t17-/m1/s1. The molecule has 0 radical (unpaired) electrons. The highest BCUT2D eigenvalue weighted by atomic mass is 35.5. The van der Waals surface area contributed by atoms with Crippen molar-refractivity contribution < 1.29 is 14.7 Å². The quantitative estimate of drug-likeness (QED) is 0.479. The fourth-order valence-electron chi connectivity index (χ4n) is 2.34. The molecular formula is C19H22ClN3O3. The number of amides is 1. The van der Waals surface area contributed by atoms with Crippen molar-refractivity contribution in [3.63, 3.8) is 0 Å². The van der Waals surface area contributed by atoms with Crippen LogP contribution in [-0.4, -0.2) is 36.1 Å². The molecule has 2 aromatic carbocycles. The minimum atomic E-state index is -1.06. The van der Waals surface area contributed by atoms with Crippen molar-refractivity contribution in [2.24, 2.45) is 0 Å². The van der Waals surface area contributed by atoms with Crippen molar-refractivity contribution in [1.82, 2.24) is 10.6 Å². The molecule has 4 N–H and O–H groups in total. The summed E-state index contributed by atoms with van der Waals surface area (Å²) >= 11 is 5.79. The lowest BCUT2D eigenvalue weighted by Gasteiger charge is -2.15. The van der Waals surface area contributed by atoms with Gasteiger partial charge < -0.3 is 21.1 Å². The molecule has 1 amide bonds. The number of nitrogens with one attached hydrogen (secondary N) is 3. The Labute approximate surface area is 157 Å². The molecule has 1 atom stereocenters. The van der Waals surface area contributed by atoms with E-state index in [4.69, 9.17) is 11.6 Å². The Hall–Kier alpha value is -2.41. The number of aliphatic carboxylic acids is 1. The van der Waals surface area contributed by atoms with Crippen LogP contribution in [-0.2, 0) is 16.1 Å². The van der Waals surface area contributed by atoms with E-state index in [1.807, 2.05) is 30.3 Å². The van der Waals surface area contributed by atoms with Crippen LogP contribution in [0.1, 0.15) is 12.0 Å². The molecule has 0 heterocycles. The number of benzene rings is 2. The van der Waals surface area contributed by atoms with Crippen LogP contribution in [0.3, 0.4) is 0 Å². The van der Waals surface area contributed by atoms with Crippen molar-refractivity contribution >= 4 is 29.2 Å². The van der Waals surface area contributed by atoms with Gasteiger partial charge in [0.25, 0.3) is 0 Å². The third kappa shape index (κ3) is 7.23. The van der Waals surface area contributed by atoms with Crippen molar-refractivity contribution in [3.8, 4) is 0 Å². The number of carbonyl (C=O) groups excluding carboxylic acids is 1. The summed E-state index contributed by atoms with van der Waals surface area (Å²) in [6, 6.07) is 15.6. The minimum absolute atomic E-state index is 0.156. The van der Waals surface area contributed by atoms with Crippen molar-refractivity contribution in [2.45, 2.75) is 19.0 Å². The number of hydrogen-bond donors (Lipinski definition) is 4. The Morgan fingerprint density at radius 2 is 1.69 bits per heavy atom. The topological polar surface area (TPSA) is 90.5 Å². The molecule has 0 saturated heterocycles. The van der Waals surface area contributed by atoms with Crippen LogP contribution in [0.5, 0.6) is 0 Å². The molecule has 0 aliphatic carbocycles. The van der Waals surface area contributed by atoms with Gasteiger partial charge in [-0.05, 0) is 29.8 Å². The SMILES string of the molecule is O=C(C[C@@H](NCCNCc1ccccc1)C(=O)O)Nc1ccc(Cl)cc1. The molecule has 0 unspecified atom stereocenters. The van der Waals surface area contributed by atoms with E-state index in [9.17, 15) is 14.7 Å². The van der Waals surface area contributed by atoms with Crippen molar-refractivity contribution in [1.29, 1.82) is 0 Å². The van der Waals surface area contributed by atoms with E-state index in [2.05, 4.69) is 16.0 Å². The summed E-state index contributed by atoms with van der Waals surface area (Å²) in [7, 11) is 0. The zero-order valence-corrected chi connectivity index (χ0v) is 15.0. The van der Waals surface area contributed by atoms with Crippen molar-refractivity contribution in [2.75, 3.05) is 18.4 Å². The minimum Gasteiger partial charge on any atom is -0.480 e. The van der Waals surface area contributed by atoms with E-state index in [0.29, 0.717) is 30.3 Å². The average Bonchev–Trinajstić information content (AvgIpc) is 2.63. The number of anilines is 1. The van der Waals surface area contributed by atoms with Gasteiger partial charge in [-0.3, -0.25) is 9.59 Å². The molecule has 6 nitrogen and oxygen atoms in total. The predicted octanol–water partition coefficient (Wildman–Crippen LogP) is 2.50. The molecule has 26 heavy (non-hydrogen) atoms. The number of carboxylic acid groups (broad SMARTS) is 1. The van der Waals surface area contributed by atoms with Crippen LogP contribution in [0.4, 0.5) is 5.69 Å². The predicted molar refractivity (Wildman–Crippen MR) is 102 cm³/mol. The molecule has 0 bridgehead atoms. The number of carbonyl (C=O) groups is 2. The van der Waals surface area contributed by atoms with E-state index < -0.39 is 12.0 Å². The summed E-state index contributed by atoms with van der Waals surface area (Å²) in [5, 5.41) is 18.6. The average molecular weight is 376 g/mol. The summed E-state index contributed by atoms with van der Waals surface area (Å²) in [4.78, 5) is 23.4. The van der Waals surface area contributed by atoms with Gasteiger partial charge in [-0.15, -0.1) is 0 Å². The zero-order chi connectivity index (χ0) is 18.8. The molecule has 0 fully saturated rings. The van der Waals surface area contributed by atoms with Gasteiger partial charge in [0.2, 0.25) is 5.91 Å². The molecule has 0 spiro atoms. The van der Waals surface area contributed by atoms with Crippen LogP contribution < -0.4 is 16.0 Å². The second kappa shape index (κ2) is 10.6. The lowest BCUT2D eigenvalue weighted by atomic mass is 10.2. The lowest BCUT2D eigenvalue weighted by molar-refractivity contribution is -0.141. The monoisotopic (exact) mass is 375 g/mol. The van der Waals surface area contributed by atoms with E-state index in [-0.39, 0.29) is 12.3 Å². The third-order valence-corrected chi connectivity index (χ3v) is 3.93. The van der Waals surface area contributed by atoms with E-state index in [1.165, 1.54) is 0 Å². The van der Waals surface area contributed by atoms with Gasteiger partial charge in [0.1, 0.15) is 6.04 Å². The van der Waals surface area contributed by atoms with Crippen LogP contribution in [0.15, 0.2) is 54.6 Å². The van der Waals surface area contributed by atoms with E-state index in [1.54, 1.807) is 24.3 Å². The highest BCUT2D eigenvalue weighted by Gasteiger charge is 2.20. The first-order valence-electron chi connectivity index (χ1n) is 8.31. The smallest absolute Gasteiger partial charge is 0.321 e. The Bertz CT molecular complexity index is 708. The summed E-state index contributed by atoms with van der Waals surface area (Å²) < 4.78 is 0. The maximum absolute atomic E-state index is 12.0. The molecule has 0 aliphatic heterocycles. The first-order valence-corrected chi connectivity index (χ1v) is 8.68. The van der Waals surface area contributed by atoms with E-state index >= 15 is 0 Å². The van der Waals surface area contributed by atoms with Crippen LogP contribution in [0, 0.1) is 0 Å². The summed E-state index contributed by atoms with van der Waals surface area (Å²) in [5.74, 6) is -1.43. The first kappa shape index (κ1) is 19.9. The Morgan fingerprint density at radius 3 is 2.35 bits per heavy atom. The summed E-state index contributed by atoms with van der Waals surface area (Å²) in [6.45, 7) is 1.74. The van der Waals surface area contributed by atoms with Gasteiger partial charge in [-0.1, -0.05) is 41.9 Å². The second-order valence-electron chi connectivity index (χ2n) is 5.77. The normalized spacial score (nSPS) is 11.7. The molecule has 2 aromatic rings. The van der Waals surface area contributed by atoms with Gasteiger partial charge in [-0.2, -0.15) is 0 Å². The Balaban J connectivity index is 1.71. The molecule has 0 saturated carbocycles. The largest absolute Gasteiger partial charge is 0.480 e. The highest BCUT2D eigenvalue weighted by Crippen LogP contribution is 2.13. The van der Waals surface area contributed by atoms with Gasteiger partial charge in [0.15, 0.2) is 0 Å². The fourth-order valence-corrected chi connectivity index (χ4v) is 2.47.